The van der Waals surface area contributed by atoms with Crippen molar-refractivity contribution in [3.05, 3.63) is 5.82 Å². The van der Waals surface area contributed by atoms with Gasteiger partial charge in [0.25, 0.3) is 5.82 Å². The standard InChI is InChI=1S/C6H9N5O3/c1-2-14-6(13)5-8-9-10-11(5)3-4(7)12/h2-3H2,1H3,(H2,7,12). The highest BCUT2D eigenvalue weighted by molar-refractivity contribution is 5.85. The largest absolute Gasteiger partial charge is 0.460 e. The number of hydrogen-bond acceptors (Lipinski definition) is 6. The molecule has 8 nitrogen and oxygen atoms in total. The molecular formula is C6H9N5O3. The van der Waals surface area contributed by atoms with Gasteiger partial charge >= 0.3 is 5.97 Å². The molecule has 14 heavy (non-hydrogen) atoms. The van der Waals surface area contributed by atoms with Gasteiger partial charge in [-0.15, -0.1) is 5.10 Å². The highest BCUT2D eigenvalue weighted by atomic mass is 16.5. The highest BCUT2D eigenvalue weighted by Crippen LogP contribution is 1.95. The molecule has 0 radical (unpaired) electrons. The van der Waals surface area contributed by atoms with E-state index in [2.05, 4.69) is 20.3 Å². The Morgan fingerprint density at radius 1 is 1.57 bits per heavy atom. The average molecular weight is 199 g/mol. The number of nitrogens with zero attached hydrogens (tertiary/aromatic N) is 4. The number of aromatic nitrogens is 4. The molecule has 1 amide bonds. The summed E-state index contributed by atoms with van der Waals surface area (Å²) in [6.45, 7) is 1.61. The van der Waals surface area contributed by atoms with Crippen molar-refractivity contribution >= 4 is 11.9 Å². The Labute approximate surface area is 79.0 Å². The van der Waals surface area contributed by atoms with Crippen LogP contribution in [0.2, 0.25) is 0 Å². The van der Waals surface area contributed by atoms with Crippen LogP contribution in [0.4, 0.5) is 0 Å². The van der Waals surface area contributed by atoms with Crippen molar-refractivity contribution in [1.29, 1.82) is 0 Å². The Morgan fingerprint density at radius 2 is 2.29 bits per heavy atom. The molecule has 1 rings (SSSR count). The van der Waals surface area contributed by atoms with Gasteiger partial charge in [-0.25, -0.2) is 9.48 Å². The van der Waals surface area contributed by atoms with Crippen molar-refractivity contribution in [3.63, 3.8) is 0 Å². The zero-order valence-electron chi connectivity index (χ0n) is 7.51. The number of rotatable bonds is 4. The van der Waals surface area contributed by atoms with Crippen LogP contribution in [0, 0.1) is 0 Å². The summed E-state index contributed by atoms with van der Waals surface area (Å²) >= 11 is 0. The lowest BCUT2D eigenvalue weighted by Crippen LogP contribution is -2.23. The van der Waals surface area contributed by atoms with Crippen LogP contribution in [-0.4, -0.2) is 38.7 Å². The molecule has 0 aliphatic heterocycles. The van der Waals surface area contributed by atoms with E-state index in [0.29, 0.717) is 0 Å². The first kappa shape index (κ1) is 10.1. The predicted octanol–water partition coefficient (Wildman–Crippen LogP) is -1.66. The second kappa shape index (κ2) is 4.30. The van der Waals surface area contributed by atoms with E-state index in [1.807, 2.05) is 0 Å². The van der Waals surface area contributed by atoms with Crippen LogP contribution in [-0.2, 0) is 16.1 Å². The van der Waals surface area contributed by atoms with Crippen LogP contribution in [0.1, 0.15) is 17.5 Å². The van der Waals surface area contributed by atoms with E-state index >= 15 is 0 Å². The Balaban J connectivity index is 2.81. The zero-order chi connectivity index (χ0) is 10.6. The van der Waals surface area contributed by atoms with Gasteiger partial charge in [-0.3, -0.25) is 4.79 Å². The minimum Gasteiger partial charge on any atom is -0.460 e. The summed E-state index contributed by atoms with van der Waals surface area (Å²) in [5.41, 5.74) is 4.92. The average Bonchev–Trinajstić information content (AvgIpc) is 2.51. The maximum absolute atomic E-state index is 11.2. The van der Waals surface area contributed by atoms with E-state index < -0.39 is 11.9 Å². The van der Waals surface area contributed by atoms with Crippen molar-refractivity contribution in [3.8, 4) is 0 Å². The van der Waals surface area contributed by atoms with Crippen LogP contribution in [0.3, 0.4) is 0 Å². The number of carbonyl (C=O) groups excluding carboxylic acids is 2. The Bertz CT molecular complexity index is 347. The minimum absolute atomic E-state index is 0.134. The number of hydrogen-bond donors (Lipinski definition) is 1. The molecule has 1 heterocycles. The Hall–Kier alpha value is -1.99. The summed E-state index contributed by atoms with van der Waals surface area (Å²) in [6.07, 6.45) is 0. The summed E-state index contributed by atoms with van der Waals surface area (Å²) in [5, 5.41) is 10.1. The number of esters is 1. The smallest absolute Gasteiger partial charge is 0.378 e. The predicted molar refractivity (Wildman–Crippen MR) is 43.0 cm³/mol. The molecule has 0 saturated carbocycles. The van der Waals surface area contributed by atoms with Gasteiger partial charge in [-0.2, -0.15) is 0 Å². The maximum atomic E-state index is 11.2. The molecule has 0 aliphatic carbocycles. The Morgan fingerprint density at radius 3 is 2.86 bits per heavy atom. The van der Waals surface area contributed by atoms with E-state index in [1.54, 1.807) is 6.92 Å². The SMILES string of the molecule is CCOC(=O)c1nnnn1CC(N)=O. The number of ether oxygens (including phenoxy) is 1. The molecular weight excluding hydrogens is 190 g/mol. The van der Waals surface area contributed by atoms with Crippen LogP contribution in [0.25, 0.3) is 0 Å². The van der Waals surface area contributed by atoms with Gasteiger partial charge in [0.15, 0.2) is 0 Å². The van der Waals surface area contributed by atoms with Crippen molar-refractivity contribution in [2.24, 2.45) is 5.73 Å². The molecule has 1 aromatic rings. The molecule has 0 bridgehead atoms. The van der Waals surface area contributed by atoms with E-state index in [4.69, 9.17) is 5.73 Å². The molecule has 2 N–H and O–H groups in total. The molecule has 0 saturated heterocycles. The van der Waals surface area contributed by atoms with Gasteiger partial charge in [0.05, 0.1) is 6.61 Å². The van der Waals surface area contributed by atoms with Crippen LogP contribution >= 0.6 is 0 Å². The molecule has 8 heteroatoms. The fourth-order valence-electron chi connectivity index (χ4n) is 0.801. The topological polar surface area (TPSA) is 113 Å². The van der Waals surface area contributed by atoms with Gasteiger partial charge < -0.3 is 10.5 Å². The van der Waals surface area contributed by atoms with Crippen LogP contribution < -0.4 is 5.73 Å². The van der Waals surface area contributed by atoms with Crippen molar-refractivity contribution in [2.75, 3.05) is 6.61 Å². The van der Waals surface area contributed by atoms with E-state index in [0.717, 1.165) is 4.68 Å². The normalized spacial score (nSPS) is 9.79. The zero-order valence-corrected chi connectivity index (χ0v) is 7.51. The van der Waals surface area contributed by atoms with Crippen molar-refractivity contribution in [1.82, 2.24) is 20.2 Å². The second-order valence-corrected chi connectivity index (χ2v) is 2.35. The van der Waals surface area contributed by atoms with Crippen LogP contribution in [0.5, 0.6) is 0 Å². The lowest BCUT2D eigenvalue weighted by Gasteiger charge is -2.00. The number of nitrogens with two attached hydrogens (primary N) is 1. The lowest BCUT2D eigenvalue weighted by atomic mass is 10.5. The first-order valence-electron chi connectivity index (χ1n) is 3.86. The van der Waals surface area contributed by atoms with Gasteiger partial charge in [-0.05, 0) is 17.4 Å². The summed E-state index contributed by atoms with van der Waals surface area (Å²) in [7, 11) is 0. The third-order valence-electron chi connectivity index (χ3n) is 1.30. The fraction of sp³-hybridized carbons (Fsp3) is 0.500. The van der Waals surface area contributed by atoms with Gasteiger partial charge in [0.2, 0.25) is 5.91 Å². The molecule has 0 fully saturated rings. The third-order valence-corrected chi connectivity index (χ3v) is 1.30. The van der Waals surface area contributed by atoms with E-state index in [9.17, 15) is 9.59 Å². The lowest BCUT2D eigenvalue weighted by molar-refractivity contribution is -0.118. The third kappa shape index (κ3) is 2.25. The van der Waals surface area contributed by atoms with Gasteiger partial charge in [-0.1, -0.05) is 0 Å². The highest BCUT2D eigenvalue weighted by Gasteiger charge is 2.17. The summed E-state index contributed by atoms with van der Waals surface area (Å²) < 4.78 is 5.64. The van der Waals surface area contributed by atoms with E-state index in [-0.39, 0.29) is 19.0 Å². The summed E-state index contributed by atoms with van der Waals surface area (Å²) in [4.78, 5) is 21.7. The molecule has 0 aromatic carbocycles. The molecule has 0 unspecified atom stereocenters. The fourth-order valence-corrected chi connectivity index (χ4v) is 0.801. The summed E-state index contributed by atoms with van der Waals surface area (Å²) in [6, 6.07) is 0. The molecule has 0 spiro atoms. The van der Waals surface area contributed by atoms with E-state index in [1.165, 1.54) is 0 Å². The first-order chi connectivity index (χ1) is 6.65. The Kier molecular flexibility index (Phi) is 3.10. The van der Waals surface area contributed by atoms with Crippen molar-refractivity contribution in [2.45, 2.75) is 13.5 Å². The van der Waals surface area contributed by atoms with Gasteiger partial charge in [0, 0.05) is 0 Å². The number of primary amides is 1. The molecule has 0 atom stereocenters. The molecule has 76 valence electrons. The number of carbonyl (C=O) groups is 2. The molecule has 0 aliphatic rings. The number of amides is 1. The summed E-state index contributed by atoms with van der Waals surface area (Å²) in [5.74, 6) is -1.45. The second-order valence-electron chi connectivity index (χ2n) is 2.35. The minimum atomic E-state index is -0.682. The maximum Gasteiger partial charge on any atom is 0.378 e. The van der Waals surface area contributed by atoms with Crippen molar-refractivity contribution < 1.29 is 14.3 Å². The monoisotopic (exact) mass is 199 g/mol. The quantitative estimate of drug-likeness (QED) is 0.580. The first-order valence-corrected chi connectivity index (χ1v) is 3.86. The van der Waals surface area contributed by atoms with Gasteiger partial charge in [0.1, 0.15) is 6.54 Å². The number of tetrazole rings is 1. The van der Waals surface area contributed by atoms with Crippen LogP contribution in [0.15, 0.2) is 0 Å². The molecule has 1 aromatic heterocycles.